The summed E-state index contributed by atoms with van der Waals surface area (Å²) in [6.45, 7) is 4.21. The van der Waals surface area contributed by atoms with Gasteiger partial charge < -0.3 is 4.42 Å². The van der Waals surface area contributed by atoms with E-state index >= 15 is 0 Å². The van der Waals surface area contributed by atoms with Gasteiger partial charge in [-0.1, -0.05) is 25.0 Å². The molecule has 1 aliphatic rings. The fourth-order valence-electron chi connectivity index (χ4n) is 4.12. The van der Waals surface area contributed by atoms with Gasteiger partial charge in [-0.2, -0.15) is 0 Å². The summed E-state index contributed by atoms with van der Waals surface area (Å²) >= 11 is 0. The van der Waals surface area contributed by atoms with Crippen LogP contribution in [-0.2, 0) is 0 Å². The zero-order chi connectivity index (χ0) is 17.7. The van der Waals surface area contributed by atoms with Gasteiger partial charge in [-0.3, -0.25) is 4.98 Å². The molecule has 0 bridgehead atoms. The van der Waals surface area contributed by atoms with Gasteiger partial charge in [-0.15, -0.1) is 0 Å². The van der Waals surface area contributed by atoms with Crippen molar-refractivity contribution in [2.45, 2.75) is 45.4 Å². The van der Waals surface area contributed by atoms with Crippen molar-refractivity contribution in [3.63, 3.8) is 0 Å². The van der Waals surface area contributed by atoms with Gasteiger partial charge >= 0.3 is 0 Å². The van der Waals surface area contributed by atoms with Crippen LogP contribution in [-0.4, -0.2) is 9.97 Å². The van der Waals surface area contributed by atoms with Crippen LogP contribution < -0.4 is 0 Å². The number of aromatic nitrogens is 2. The minimum absolute atomic E-state index is 0.591. The third-order valence-corrected chi connectivity index (χ3v) is 5.81. The zero-order valence-electron chi connectivity index (χ0n) is 15.2. The van der Waals surface area contributed by atoms with Crippen molar-refractivity contribution in [2.24, 2.45) is 0 Å². The molecule has 26 heavy (non-hydrogen) atoms. The lowest BCUT2D eigenvalue weighted by Gasteiger charge is -2.06. The molecule has 0 aliphatic heterocycles. The van der Waals surface area contributed by atoms with Gasteiger partial charge in [-0.05, 0) is 62.1 Å². The fraction of sp³-hybridized carbons (Fsp3) is 0.304. The summed E-state index contributed by atoms with van der Waals surface area (Å²) in [6.07, 6.45) is 7.05. The second kappa shape index (κ2) is 5.94. The quantitative estimate of drug-likeness (QED) is 0.428. The Balaban J connectivity index is 1.70. The summed E-state index contributed by atoms with van der Waals surface area (Å²) in [5, 5.41) is 2.20. The van der Waals surface area contributed by atoms with E-state index in [9.17, 15) is 0 Å². The predicted molar refractivity (Wildman–Crippen MR) is 105 cm³/mol. The SMILES string of the molecule is Cc1cnc(-c2cccc3c2oc2nc(C4CCCC4)ccc23)cc1C. The van der Waals surface area contributed by atoms with E-state index in [1.165, 1.54) is 42.5 Å². The standard InChI is InChI=1S/C23H22N2O/c1-14-12-21(24-13-15(14)2)19-9-5-8-17-18-10-11-20(16-6-3-4-7-16)25-23(18)26-22(17)19/h5,8-13,16H,3-4,6-7H2,1-2H3. The first kappa shape index (κ1) is 15.6. The fourth-order valence-corrected chi connectivity index (χ4v) is 4.12. The maximum Gasteiger partial charge on any atom is 0.227 e. The summed E-state index contributed by atoms with van der Waals surface area (Å²) in [5.74, 6) is 0.591. The van der Waals surface area contributed by atoms with Crippen molar-refractivity contribution in [1.82, 2.24) is 9.97 Å². The molecule has 130 valence electrons. The molecule has 1 fully saturated rings. The van der Waals surface area contributed by atoms with E-state index in [1.807, 2.05) is 6.20 Å². The van der Waals surface area contributed by atoms with Gasteiger partial charge in [0.1, 0.15) is 5.58 Å². The summed E-state index contributed by atoms with van der Waals surface area (Å²) in [5.41, 5.74) is 7.24. The Bertz CT molecular complexity index is 1120. The molecule has 0 amide bonds. The van der Waals surface area contributed by atoms with Gasteiger partial charge in [0, 0.05) is 34.1 Å². The Hall–Kier alpha value is -2.68. The molecule has 0 saturated heterocycles. The van der Waals surface area contributed by atoms with E-state index in [0.717, 1.165) is 33.3 Å². The number of aryl methyl sites for hydroxylation is 2. The Morgan fingerprint density at radius 1 is 0.962 bits per heavy atom. The van der Waals surface area contributed by atoms with Crippen LogP contribution in [0.1, 0.15) is 48.4 Å². The van der Waals surface area contributed by atoms with E-state index in [0.29, 0.717) is 5.92 Å². The number of hydrogen-bond acceptors (Lipinski definition) is 3. The highest BCUT2D eigenvalue weighted by Crippen LogP contribution is 2.37. The number of benzene rings is 1. The number of para-hydroxylation sites is 1. The molecule has 0 atom stereocenters. The third kappa shape index (κ3) is 2.42. The summed E-state index contributed by atoms with van der Waals surface area (Å²) in [6, 6.07) is 12.8. The minimum atomic E-state index is 0.591. The number of fused-ring (bicyclic) bond motifs is 3. The van der Waals surface area contributed by atoms with Gasteiger partial charge in [0.25, 0.3) is 0 Å². The molecule has 3 heteroatoms. The molecule has 0 spiro atoms. The summed E-state index contributed by atoms with van der Waals surface area (Å²) in [4.78, 5) is 9.50. The van der Waals surface area contributed by atoms with Crippen LogP contribution in [0.5, 0.6) is 0 Å². The average molecular weight is 342 g/mol. The highest BCUT2D eigenvalue weighted by atomic mass is 16.3. The van der Waals surface area contributed by atoms with Crippen LogP contribution in [0.15, 0.2) is 47.0 Å². The van der Waals surface area contributed by atoms with Gasteiger partial charge in [0.05, 0.1) is 5.69 Å². The zero-order valence-corrected chi connectivity index (χ0v) is 15.2. The Labute approximate surface area is 153 Å². The van der Waals surface area contributed by atoms with Crippen LogP contribution in [0.2, 0.25) is 0 Å². The van der Waals surface area contributed by atoms with Crippen LogP contribution >= 0.6 is 0 Å². The van der Waals surface area contributed by atoms with E-state index in [2.05, 4.69) is 55.2 Å². The lowest BCUT2D eigenvalue weighted by molar-refractivity contribution is 0.638. The summed E-state index contributed by atoms with van der Waals surface area (Å²) < 4.78 is 6.26. The predicted octanol–water partition coefficient (Wildman–Crippen LogP) is 6.32. The van der Waals surface area contributed by atoms with Crippen molar-refractivity contribution in [2.75, 3.05) is 0 Å². The first-order valence-electron chi connectivity index (χ1n) is 9.46. The van der Waals surface area contributed by atoms with Crippen LogP contribution in [0.25, 0.3) is 33.3 Å². The molecule has 5 rings (SSSR count). The van der Waals surface area contributed by atoms with Crippen LogP contribution in [0.3, 0.4) is 0 Å². The molecule has 0 N–H and O–H groups in total. The highest BCUT2D eigenvalue weighted by molar-refractivity contribution is 6.08. The molecule has 4 aromatic rings. The van der Waals surface area contributed by atoms with E-state index in [4.69, 9.17) is 9.40 Å². The molecule has 0 radical (unpaired) electrons. The lowest BCUT2D eigenvalue weighted by Crippen LogP contribution is -1.95. The molecule has 1 aliphatic carbocycles. The first-order chi connectivity index (χ1) is 12.7. The third-order valence-electron chi connectivity index (χ3n) is 5.81. The van der Waals surface area contributed by atoms with Crippen molar-refractivity contribution in [3.05, 3.63) is 59.4 Å². The lowest BCUT2D eigenvalue weighted by atomic mass is 10.0. The Kier molecular flexibility index (Phi) is 3.56. The highest BCUT2D eigenvalue weighted by Gasteiger charge is 2.20. The number of furan rings is 1. The maximum atomic E-state index is 6.26. The first-order valence-corrected chi connectivity index (χ1v) is 9.46. The van der Waals surface area contributed by atoms with Crippen LogP contribution in [0, 0.1) is 13.8 Å². The number of hydrogen-bond donors (Lipinski definition) is 0. The smallest absolute Gasteiger partial charge is 0.227 e. The largest absolute Gasteiger partial charge is 0.437 e. The molecule has 0 unspecified atom stereocenters. The maximum absolute atomic E-state index is 6.26. The normalized spacial score (nSPS) is 15.3. The number of nitrogens with zero attached hydrogens (tertiary/aromatic N) is 2. The molecular weight excluding hydrogens is 320 g/mol. The second-order valence-electron chi connectivity index (χ2n) is 7.51. The van der Waals surface area contributed by atoms with Crippen molar-refractivity contribution >= 4 is 22.1 Å². The number of pyridine rings is 2. The average Bonchev–Trinajstić information content (AvgIpc) is 3.30. The van der Waals surface area contributed by atoms with Crippen molar-refractivity contribution < 1.29 is 4.42 Å². The van der Waals surface area contributed by atoms with Crippen molar-refractivity contribution in [3.8, 4) is 11.3 Å². The van der Waals surface area contributed by atoms with Crippen LogP contribution in [0.4, 0.5) is 0 Å². The molecular formula is C23H22N2O. The number of rotatable bonds is 2. The van der Waals surface area contributed by atoms with Gasteiger partial charge in [-0.25, -0.2) is 4.98 Å². The van der Waals surface area contributed by atoms with Gasteiger partial charge in [0.15, 0.2) is 0 Å². The van der Waals surface area contributed by atoms with E-state index in [1.54, 1.807) is 0 Å². The van der Waals surface area contributed by atoms with Crippen molar-refractivity contribution in [1.29, 1.82) is 0 Å². The van der Waals surface area contributed by atoms with Gasteiger partial charge in [0.2, 0.25) is 5.71 Å². The topological polar surface area (TPSA) is 38.9 Å². The van der Waals surface area contributed by atoms with E-state index < -0.39 is 0 Å². The van der Waals surface area contributed by atoms with E-state index in [-0.39, 0.29) is 0 Å². The molecule has 3 aromatic heterocycles. The minimum Gasteiger partial charge on any atom is -0.437 e. The molecule has 3 heterocycles. The Morgan fingerprint density at radius 2 is 1.81 bits per heavy atom. The second-order valence-corrected chi connectivity index (χ2v) is 7.51. The monoisotopic (exact) mass is 342 g/mol. The Morgan fingerprint density at radius 3 is 2.62 bits per heavy atom. The molecule has 1 saturated carbocycles. The molecule has 1 aromatic carbocycles. The summed E-state index contributed by atoms with van der Waals surface area (Å²) in [7, 11) is 0. The molecule has 3 nitrogen and oxygen atoms in total.